The molecular formula is C59H70ClF3N10O9S. The number of likely N-dealkylation sites (tertiary alicyclic amines) is 2. The smallest absolute Gasteiger partial charge is 0.257 e. The van der Waals surface area contributed by atoms with E-state index < -0.39 is 41.3 Å². The number of pyridine rings is 1. The van der Waals surface area contributed by atoms with Crippen LogP contribution in [0.3, 0.4) is 0 Å². The summed E-state index contributed by atoms with van der Waals surface area (Å²) in [4.78, 5) is 96.6. The maximum atomic E-state index is 14.6. The van der Waals surface area contributed by atoms with Crippen LogP contribution in [-0.4, -0.2) is 174 Å². The zero-order valence-corrected chi connectivity index (χ0v) is 48.3. The summed E-state index contributed by atoms with van der Waals surface area (Å²) in [6.45, 7) is 10.9. The van der Waals surface area contributed by atoms with Crippen molar-refractivity contribution in [1.82, 2.24) is 35.2 Å². The minimum atomic E-state index is -1.17. The fourth-order valence-electron chi connectivity index (χ4n) is 10.4. The van der Waals surface area contributed by atoms with Crippen LogP contribution in [0.4, 0.5) is 24.7 Å². The quantitative estimate of drug-likeness (QED) is 0.0444. The molecule has 4 aliphatic heterocycles. The third-order valence-electron chi connectivity index (χ3n) is 15.4. The summed E-state index contributed by atoms with van der Waals surface area (Å²) >= 11 is 7.45. The summed E-state index contributed by atoms with van der Waals surface area (Å²) in [5, 5.41) is 9.32. The number of amides is 6. The number of piperazine rings is 1. The zero-order valence-electron chi connectivity index (χ0n) is 46.7. The van der Waals surface area contributed by atoms with Gasteiger partial charge in [0.25, 0.3) is 11.8 Å². The molecule has 5 N–H and O–H groups in total. The Kier molecular flexibility index (Phi) is 21.6. The van der Waals surface area contributed by atoms with Gasteiger partial charge in [0, 0.05) is 69.0 Å². The number of piperidine rings is 1. The maximum Gasteiger partial charge on any atom is 0.257 e. The van der Waals surface area contributed by atoms with Crippen LogP contribution < -0.4 is 26.4 Å². The lowest BCUT2D eigenvalue weighted by Crippen LogP contribution is -2.58. The van der Waals surface area contributed by atoms with E-state index in [4.69, 9.17) is 36.5 Å². The van der Waals surface area contributed by atoms with E-state index in [0.717, 1.165) is 41.2 Å². The molecule has 0 radical (unpaired) electrons. The number of hydrogen-bond donors (Lipinski definition) is 4. The van der Waals surface area contributed by atoms with Crippen molar-refractivity contribution in [2.45, 2.75) is 82.6 Å². The maximum absolute atomic E-state index is 14.6. The Morgan fingerprint density at radius 1 is 0.795 bits per heavy atom. The number of anilines is 2. The number of aromatic nitrogens is 1. The highest BCUT2D eigenvalue weighted by Crippen LogP contribution is 2.36. The molecule has 3 fully saturated rings. The van der Waals surface area contributed by atoms with Gasteiger partial charge in [-0.05, 0) is 118 Å². The lowest BCUT2D eigenvalue weighted by molar-refractivity contribution is -0.140. The van der Waals surface area contributed by atoms with Crippen molar-refractivity contribution in [2.24, 2.45) is 10.9 Å². The molecule has 5 atom stereocenters. The Balaban J connectivity index is 0.701. The first kappa shape index (κ1) is 62.0. The van der Waals surface area contributed by atoms with Crippen LogP contribution in [0.25, 0.3) is 5.57 Å². The number of nitrogens with zero attached hydrogens (tertiary/aromatic N) is 6. The number of benzene rings is 3. The number of nitrogen functional groups attached to an aromatic ring is 1. The van der Waals surface area contributed by atoms with Crippen LogP contribution >= 0.6 is 23.4 Å². The third-order valence-corrected chi connectivity index (χ3v) is 16.8. The molecule has 0 aliphatic carbocycles. The molecule has 0 spiro atoms. The monoisotopic (exact) mass is 1190 g/mol. The highest BCUT2D eigenvalue weighted by atomic mass is 35.5. The number of likely N-dealkylation sites (N-methyl/N-ethyl adjacent to an activating group) is 1. The van der Waals surface area contributed by atoms with Gasteiger partial charge in [-0.1, -0.05) is 30.3 Å². The fraction of sp³-hybridized carbons (Fsp3) is 0.458. The van der Waals surface area contributed by atoms with E-state index in [1.165, 1.54) is 31.3 Å². The van der Waals surface area contributed by atoms with E-state index in [9.17, 15) is 41.9 Å². The SMILES string of the molecule is C=C(c1ccc(F)cc1)C1CSC([C@H]2CCCN2C(=O)[C@H](NC(=O)[C@@H](C)NC)C2CCN(C(=O)CCOCCOCCC(=O)N3CCN(C(=O)c4ccc(NC(=O)c5cnc(N)c(O[C@H](C)c6c(F)ccc(Cl)c6F)c5)cc4)CC3)CC2)=N1. The summed E-state index contributed by atoms with van der Waals surface area (Å²) in [5.41, 5.74) is 7.97. The summed E-state index contributed by atoms with van der Waals surface area (Å²) in [6.07, 6.45) is 2.98. The van der Waals surface area contributed by atoms with Crippen LogP contribution in [0.5, 0.6) is 5.75 Å². The van der Waals surface area contributed by atoms with Crippen molar-refractivity contribution in [3.63, 3.8) is 0 Å². The minimum Gasteiger partial charge on any atom is -0.482 e. The highest BCUT2D eigenvalue weighted by Gasteiger charge is 2.42. The van der Waals surface area contributed by atoms with Crippen LogP contribution in [0.15, 0.2) is 84.5 Å². The lowest BCUT2D eigenvalue weighted by Gasteiger charge is -2.38. The molecule has 8 rings (SSSR count). The normalized spacial score (nSPS) is 18.5. The first-order valence-corrected chi connectivity index (χ1v) is 29.2. The molecule has 3 saturated heterocycles. The second-order valence-corrected chi connectivity index (χ2v) is 22.2. The van der Waals surface area contributed by atoms with Gasteiger partial charge in [-0.15, -0.1) is 11.8 Å². The van der Waals surface area contributed by atoms with Crippen molar-refractivity contribution in [1.29, 1.82) is 0 Å². The molecule has 4 aliphatic rings. The van der Waals surface area contributed by atoms with E-state index in [0.29, 0.717) is 75.7 Å². The van der Waals surface area contributed by atoms with Crippen LogP contribution in [-0.2, 0) is 28.7 Å². The molecular weight excluding hydrogens is 1120 g/mol. The first-order chi connectivity index (χ1) is 39.9. The number of nitrogens with one attached hydrogen (secondary N) is 3. The lowest BCUT2D eigenvalue weighted by atomic mass is 9.88. The van der Waals surface area contributed by atoms with Gasteiger partial charge in [0.1, 0.15) is 23.8 Å². The Morgan fingerprint density at radius 3 is 2.07 bits per heavy atom. The van der Waals surface area contributed by atoms with Gasteiger partial charge in [0.2, 0.25) is 23.6 Å². The number of hydrogen-bond acceptors (Lipinski definition) is 14. The van der Waals surface area contributed by atoms with E-state index in [-0.39, 0.29) is 115 Å². The second kappa shape index (κ2) is 29.0. The van der Waals surface area contributed by atoms with Crippen LogP contribution in [0.1, 0.15) is 90.3 Å². The molecule has 0 saturated carbocycles. The Bertz CT molecular complexity index is 3040. The number of rotatable bonds is 23. The number of thioether (sulfide) groups is 1. The fourth-order valence-corrected chi connectivity index (χ4v) is 11.8. The highest BCUT2D eigenvalue weighted by molar-refractivity contribution is 8.14. The number of halogens is 4. The molecule has 0 bridgehead atoms. The summed E-state index contributed by atoms with van der Waals surface area (Å²) in [6, 6.07) is 14.2. The first-order valence-electron chi connectivity index (χ1n) is 27.8. The average molecular weight is 1190 g/mol. The molecule has 444 valence electrons. The van der Waals surface area contributed by atoms with Crippen molar-refractivity contribution >= 4 is 80.9 Å². The Labute approximate surface area is 489 Å². The Morgan fingerprint density at radius 2 is 1.42 bits per heavy atom. The van der Waals surface area contributed by atoms with Crippen LogP contribution in [0, 0.1) is 23.4 Å². The molecule has 4 aromatic rings. The molecule has 1 aromatic heterocycles. The zero-order chi connectivity index (χ0) is 59.3. The van der Waals surface area contributed by atoms with E-state index in [1.807, 2.05) is 4.90 Å². The second-order valence-electron chi connectivity index (χ2n) is 20.8. The van der Waals surface area contributed by atoms with E-state index in [1.54, 1.807) is 76.8 Å². The Hall–Kier alpha value is -7.05. The van der Waals surface area contributed by atoms with Crippen molar-refractivity contribution < 1.29 is 56.1 Å². The van der Waals surface area contributed by atoms with Gasteiger partial charge >= 0.3 is 0 Å². The predicted octanol–water partition coefficient (Wildman–Crippen LogP) is 6.77. The summed E-state index contributed by atoms with van der Waals surface area (Å²) in [7, 11) is 1.69. The van der Waals surface area contributed by atoms with Gasteiger partial charge in [-0.2, -0.15) is 0 Å². The largest absolute Gasteiger partial charge is 0.482 e. The minimum absolute atomic E-state index is 0.0482. The molecule has 24 heteroatoms. The van der Waals surface area contributed by atoms with Gasteiger partial charge in [0.05, 0.1) is 78.6 Å². The summed E-state index contributed by atoms with van der Waals surface area (Å²) in [5.74, 6) is -3.28. The molecule has 19 nitrogen and oxygen atoms in total. The van der Waals surface area contributed by atoms with Gasteiger partial charge < -0.3 is 55.5 Å². The molecule has 1 unspecified atom stereocenters. The molecule has 5 heterocycles. The molecule has 83 heavy (non-hydrogen) atoms. The van der Waals surface area contributed by atoms with Crippen molar-refractivity contribution in [3.05, 3.63) is 124 Å². The third kappa shape index (κ3) is 15.8. The molecule has 6 amide bonds. The number of nitrogens with two attached hydrogens (primary N) is 1. The number of ether oxygens (including phenoxy) is 3. The number of aliphatic imine (C=N–C) groups is 1. The molecule has 3 aromatic carbocycles. The van der Waals surface area contributed by atoms with Gasteiger partial charge in [-0.3, -0.25) is 33.8 Å². The topological polar surface area (TPSA) is 230 Å². The number of carbonyl (C=O) groups is 6. The van der Waals surface area contributed by atoms with Gasteiger partial charge in [0.15, 0.2) is 17.4 Å². The van der Waals surface area contributed by atoms with E-state index >= 15 is 0 Å². The van der Waals surface area contributed by atoms with Crippen molar-refractivity contribution in [2.75, 3.05) is 96.1 Å². The van der Waals surface area contributed by atoms with E-state index in [2.05, 4.69) is 27.5 Å². The van der Waals surface area contributed by atoms with Gasteiger partial charge in [-0.25, -0.2) is 18.2 Å². The summed E-state index contributed by atoms with van der Waals surface area (Å²) < 4.78 is 59.8. The van der Waals surface area contributed by atoms with Crippen molar-refractivity contribution in [3.8, 4) is 5.75 Å². The average Bonchev–Trinajstić information content (AvgIpc) is 4.44. The standard InChI is InChI=1S/C59H70ClF3N10O9S/c1-35(38-7-11-42(61)12-8-38)46-34-83-57(68-46)47-6-5-21-73(47)59(79)53(69-55(76)36(2)65-4)39-17-22-70(23-18-39)49(74)19-28-80-30-31-81-29-20-50(75)71-24-26-72(27-25-71)58(78)40-9-13-43(14-10-40)67-56(77)41-32-48(54(64)66-33-41)82-37(3)51-45(62)16-15-44(60)52(51)63/h7-16,32-33,36-37,39,46-47,53,65H,1,5-6,17-31,34H2,2-4H3,(H2,64,66)(H,67,77)(H,69,76)/t36-,37-,46?,47-,53-/m1/s1. The predicted molar refractivity (Wildman–Crippen MR) is 310 cm³/mol. The van der Waals surface area contributed by atoms with Crippen LogP contribution in [0.2, 0.25) is 5.02 Å². The number of carbonyl (C=O) groups excluding carboxylic acids is 6.